The molecule has 1 heterocycles. The fourth-order valence-electron chi connectivity index (χ4n) is 4.47. The van der Waals surface area contributed by atoms with Crippen molar-refractivity contribution in [1.29, 1.82) is 0 Å². The van der Waals surface area contributed by atoms with Crippen molar-refractivity contribution in [3.8, 4) is 11.1 Å². The van der Waals surface area contributed by atoms with Crippen molar-refractivity contribution in [3.05, 3.63) is 86.9 Å². The molecule has 1 aliphatic heterocycles. The minimum atomic E-state index is -5.07. The molecule has 1 aliphatic rings. The average Bonchev–Trinajstić information content (AvgIpc) is 3.09. The zero-order valence-corrected chi connectivity index (χ0v) is 20.5. The molecular formula is C26H20Cl2F3NO4. The van der Waals surface area contributed by atoms with Crippen molar-refractivity contribution in [1.82, 2.24) is 0 Å². The third-order valence-electron chi connectivity index (χ3n) is 6.67. The first-order valence-electron chi connectivity index (χ1n) is 10.8. The number of carboxylic acids is 1. The Balaban J connectivity index is 1.75. The van der Waals surface area contributed by atoms with Crippen LogP contribution in [0.2, 0.25) is 10.0 Å². The maximum Gasteiger partial charge on any atom is 0.422 e. The zero-order valence-electron chi connectivity index (χ0n) is 19.0. The summed E-state index contributed by atoms with van der Waals surface area (Å²) in [6, 6.07) is 12.3. The number of carboxylic acid groups (broad SMARTS) is 1. The predicted octanol–water partition coefficient (Wildman–Crippen LogP) is 6.97. The van der Waals surface area contributed by atoms with Gasteiger partial charge in [0.1, 0.15) is 0 Å². The first-order valence-corrected chi connectivity index (χ1v) is 11.6. The molecule has 3 atom stereocenters. The molecule has 3 aromatic rings. The molecule has 0 saturated heterocycles. The summed E-state index contributed by atoms with van der Waals surface area (Å²) in [6.07, 6.45) is -5.07. The van der Waals surface area contributed by atoms with Crippen molar-refractivity contribution in [2.45, 2.75) is 37.5 Å². The molecule has 36 heavy (non-hydrogen) atoms. The van der Waals surface area contributed by atoms with Crippen LogP contribution in [0.1, 0.15) is 52.7 Å². The average molecular weight is 538 g/mol. The van der Waals surface area contributed by atoms with Crippen LogP contribution in [0.4, 0.5) is 18.9 Å². The zero-order chi connectivity index (χ0) is 26.6. The molecule has 5 nitrogen and oxygen atoms in total. The summed E-state index contributed by atoms with van der Waals surface area (Å²) < 4.78 is 43.2. The molecule has 188 valence electrons. The highest BCUT2D eigenvalue weighted by atomic mass is 35.5. The standard InChI is InChI=1S/C26H20Cl2F3NO4/c1-12-17-8-5-16(11-22(17)32-23(12)33)25(36,26(29,30)31)13(2)18-6-3-14(9-20(18)27)15-4-7-19(24(34)35)21(28)10-15/h3-13,36H,1-2H3,(H,32,33)(H,34,35). The van der Waals surface area contributed by atoms with Gasteiger partial charge in [0.15, 0.2) is 5.60 Å². The Labute approximate surface area is 214 Å². The summed E-state index contributed by atoms with van der Waals surface area (Å²) >= 11 is 12.4. The monoisotopic (exact) mass is 537 g/mol. The van der Waals surface area contributed by atoms with Crippen LogP contribution in [0.5, 0.6) is 0 Å². The second-order valence-corrected chi connectivity index (χ2v) is 9.55. The summed E-state index contributed by atoms with van der Waals surface area (Å²) in [5.74, 6) is -3.56. The minimum absolute atomic E-state index is 0.00182. The van der Waals surface area contributed by atoms with Crippen molar-refractivity contribution >= 4 is 40.8 Å². The van der Waals surface area contributed by atoms with Crippen molar-refractivity contribution in [3.63, 3.8) is 0 Å². The molecule has 3 N–H and O–H groups in total. The summed E-state index contributed by atoms with van der Waals surface area (Å²) in [5, 5.41) is 22.8. The van der Waals surface area contributed by atoms with Gasteiger partial charge in [0.25, 0.3) is 0 Å². The molecule has 0 radical (unpaired) electrons. The van der Waals surface area contributed by atoms with E-state index in [0.717, 1.165) is 6.07 Å². The van der Waals surface area contributed by atoms with Crippen LogP contribution in [-0.2, 0) is 10.4 Å². The van der Waals surface area contributed by atoms with E-state index in [4.69, 9.17) is 28.3 Å². The first-order chi connectivity index (χ1) is 16.8. The highest BCUT2D eigenvalue weighted by Crippen LogP contribution is 2.51. The van der Waals surface area contributed by atoms with E-state index in [2.05, 4.69) is 5.32 Å². The van der Waals surface area contributed by atoms with Gasteiger partial charge in [-0.1, -0.05) is 60.5 Å². The number of rotatable bonds is 5. The maximum atomic E-state index is 14.4. The van der Waals surface area contributed by atoms with E-state index >= 15 is 0 Å². The third kappa shape index (κ3) is 4.23. The first kappa shape index (κ1) is 26.0. The fraction of sp³-hybridized carbons (Fsp3) is 0.231. The van der Waals surface area contributed by atoms with Gasteiger partial charge in [-0.25, -0.2) is 4.79 Å². The van der Waals surface area contributed by atoms with E-state index in [0.29, 0.717) is 16.7 Å². The number of hydrogen-bond acceptors (Lipinski definition) is 3. The van der Waals surface area contributed by atoms with E-state index in [-0.39, 0.29) is 32.8 Å². The van der Waals surface area contributed by atoms with E-state index in [1.165, 1.54) is 55.5 Å². The van der Waals surface area contributed by atoms with Gasteiger partial charge in [-0.05, 0) is 59.0 Å². The van der Waals surface area contributed by atoms with E-state index in [1.54, 1.807) is 6.92 Å². The fourth-order valence-corrected chi connectivity index (χ4v) is 5.08. The summed E-state index contributed by atoms with van der Waals surface area (Å²) in [5.41, 5.74) is -1.99. The number of hydrogen-bond donors (Lipinski definition) is 3. The van der Waals surface area contributed by atoms with Gasteiger partial charge in [0, 0.05) is 16.6 Å². The lowest BCUT2D eigenvalue weighted by atomic mass is 9.77. The summed E-state index contributed by atoms with van der Waals surface area (Å²) in [6.45, 7) is 2.87. The number of anilines is 1. The second-order valence-electron chi connectivity index (χ2n) is 8.73. The molecule has 10 heteroatoms. The van der Waals surface area contributed by atoms with Crippen LogP contribution < -0.4 is 5.32 Å². The van der Waals surface area contributed by atoms with Crippen LogP contribution >= 0.6 is 23.2 Å². The Hall–Kier alpha value is -3.07. The number of benzene rings is 3. The number of carbonyl (C=O) groups excluding carboxylic acids is 1. The van der Waals surface area contributed by atoms with Crippen LogP contribution in [0.3, 0.4) is 0 Å². The Morgan fingerprint density at radius 3 is 2.17 bits per heavy atom. The molecule has 3 aromatic carbocycles. The van der Waals surface area contributed by atoms with Gasteiger partial charge in [-0.15, -0.1) is 0 Å². The number of alkyl halides is 3. The molecule has 3 unspecified atom stereocenters. The second kappa shape index (κ2) is 9.10. The van der Waals surface area contributed by atoms with Crippen LogP contribution in [-0.4, -0.2) is 28.3 Å². The van der Waals surface area contributed by atoms with Gasteiger partial charge in [0.2, 0.25) is 5.91 Å². The van der Waals surface area contributed by atoms with Gasteiger partial charge in [-0.2, -0.15) is 13.2 Å². The maximum absolute atomic E-state index is 14.4. The van der Waals surface area contributed by atoms with Crippen molar-refractivity contribution < 1.29 is 33.0 Å². The molecule has 0 fully saturated rings. The highest BCUT2D eigenvalue weighted by Gasteiger charge is 2.59. The largest absolute Gasteiger partial charge is 0.478 e. The quantitative estimate of drug-likeness (QED) is 0.328. The molecule has 0 bridgehead atoms. The highest BCUT2D eigenvalue weighted by molar-refractivity contribution is 6.34. The summed E-state index contributed by atoms with van der Waals surface area (Å²) in [4.78, 5) is 23.1. The molecule has 0 aliphatic carbocycles. The van der Waals surface area contributed by atoms with E-state index in [9.17, 15) is 27.9 Å². The van der Waals surface area contributed by atoms with Gasteiger partial charge < -0.3 is 15.5 Å². The Bertz CT molecular complexity index is 1390. The van der Waals surface area contributed by atoms with Gasteiger partial charge >= 0.3 is 12.1 Å². The lowest BCUT2D eigenvalue weighted by molar-refractivity contribution is -0.274. The number of aliphatic hydroxyl groups is 1. The number of nitrogens with one attached hydrogen (secondary N) is 1. The SMILES string of the molecule is CC1C(=O)Nc2cc(C(O)(C(C)c3ccc(-c4ccc(C(=O)O)c(Cl)c4)cc3Cl)C(F)(F)F)ccc21. The molecular weight excluding hydrogens is 518 g/mol. The Morgan fingerprint density at radius 2 is 1.61 bits per heavy atom. The number of carbonyl (C=O) groups is 2. The number of amides is 1. The number of fused-ring (bicyclic) bond motifs is 1. The van der Waals surface area contributed by atoms with Gasteiger partial charge in [0.05, 0.1) is 16.5 Å². The molecule has 4 rings (SSSR count). The number of aromatic carboxylic acids is 1. The Morgan fingerprint density at radius 1 is 1.00 bits per heavy atom. The van der Waals surface area contributed by atoms with Gasteiger partial charge in [-0.3, -0.25) is 4.79 Å². The molecule has 0 spiro atoms. The normalized spacial score (nSPS) is 17.8. The van der Waals surface area contributed by atoms with E-state index < -0.39 is 35.1 Å². The van der Waals surface area contributed by atoms with Crippen molar-refractivity contribution in [2.24, 2.45) is 0 Å². The lowest BCUT2D eigenvalue weighted by Crippen LogP contribution is -2.46. The predicted molar refractivity (Wildman–Crippen MR) is 131 cm³/mol. The lowest BCUT2D eigenvalue weighted by Gasteiger charge is -2.37. The number of halogens is 5. The Kier molecular flexibility index (Phi) is 6.58. The smallest absolute Gasteiger partial charge is 0.422 e. The summed E-state index contributed by atoms with van der Waals surface area (Å²) in [7, 11) is 0. The molecule has 0 aromatic heterocycles. The van der Waals surface area contributed by atoms with E-state index in [1.807, 2.05) is 0 Å². The molecule has 1 amide bonds. The van der Waals surface area contributed by atoms with Crippen LogP contribution in [0.15, 0.2) is 54.6 Å². The third-order valence-corrected chi connectivity index (χ3v) is 7.31. The van der Waals surface area contributed by atoms with Crippen LogP contribution in [0.25, 0.3) is 11.1 Å². The molecule has 0 saturated carbocycles. The minimum Gasteiger partial charge on any atom is -0.478 e. The van der Waals surface area contributed by atoms with Crippen molar-refractivity contribution in [2.75, 3.05) is 5.32 Å². The topological polar surface area (TPSA) is 86.6 Å². The van der Waals surface area contributed by atoms with Crippen LogP contribution in [0, 0.1) is 0 Å².